The van der Waals surface area contributed by atoms with Gasteiger partial charge in [0.25, 0.3) is 0 Å². The fraction of sp³-hybridized carbons (Fsp3) is 0.615. The monoisotopic (exact) mass is 294 g/mol. The summed E-state index contributed by atoms with van der Waals surface area (Å²) in [5, 5.41) is 11.5. The highest BCUT2D eigenvalue weighted by atomic mass is 32.2. The number of aromatic amines is 1. The van der Waals surface area contributed by atoms with E-state index < -0.39 is 0 Å². The molecule has 0 spiro atoms. The van der Waals surface area contributed by atoms with E-state index in [1.54, 1.807) is 23.1 Å². The molecule has 2 heterocycles. The van der Waals surface area contributed by atoms with Crippen LogP contribution in [0, 0.1) is 0 Å². The minimum absolute atomic E-state index is 0.136. The summed E-state index contributed by atoms with van der Waals surface area (Å²) in [6, 6.07) is 0. The van der Waals surface area contributed by atoms with Crippen molar-refractivity contribution in [2.45, 2.75) is 55.9 Å². The van der Waals surface area contributed by atoms with Crippen molar-refractivity contribution in [3.63, 3.8) is 0 Å². The van der Waals surface area contributed by atoms with Crippen LogP contribution >= 0.6 is 23.1 Å². The quantitative estimate of drug-likeness (QED) is 0.873. The molecule has 1 aliphatic carbocycles. The largest absolute Gasteiger partial charge is 0.262 e. The predicted molar refractivity (Wildman–Crippen MR) is 78.7 cm³/mol. The van der Waals surface area contributed by atoms with E-state index in [9.17, 15) is 0 Å². The highest BCUT2D eigenvalue weighted by Gasteiger charge is 2.27. The average molecular weight is 294 g/mol. The maximum Gasteiger partial charge on any atom is 0.208 e. The van der Waals surface area contributed by atoms with Gasteiger partial charge >= 0.3 is 0 Å². The van der Waals surface area contributed by atoms with Crippen LogP contribution in [0.15, 0.2) is 10.5 Å². The van der Waals surface area contributed by atoms with Gasteiger partial charge in [0.1, 0.15) is 5.82 Å². The van der Waals surface area contributed by atoms with E-state index >= 15 is 0 Å². The van der Waals surface area contributed by atoms with E-state index in [0.717, 1.165) is 22.4 Å². The van der Waals surface area contributed by atoms with Crippen LogP contribution in [0.25, 0.3) is 0 Å². The molecule has 4 nitrogen and oxygen atoms in total. The van der Waals surface area contributed by atoms with Crippen molar-refractivity contribution in [2.24, 2.45) is 0 Å². The molecule has 6 heteroatoms. The molecule has 102 valence electrons. The summed E-state index contributed by atoms with van der Waals surface area (Å²) in [6.07, 6.45) is 2.50. The highest BCUT2D eigenvalue weighted by molar-refractivity contribution is 7.98. The molecule has 3 rings (SSSR count). The van der Waals surface area contributed by atoms with Gasteiger partial charge in [-0.15, -0.1) is 16.4 Å². The minimum atomic E-state index is 0.136. The summed E-state index contributed by atoms with van der Waals surface area (Å²) in [4.78, 5) is 9.20. The Morgan fingerprint density at radius 1 is 1.37 bits per heavy atom. The molecule has 0 aromatic carbocycles. The second-order valence-electron chi connectivity index (χ2n) is 5.96. The Balaban J connectivity index is 1.60. The van der Waals surface area contributed by atoms with Gasteiger partial charge < -0.3 is 0 Å². The van der Waals surface area contributed by atoms with Gasteiger partial charge in [-0.3, -0.25) is 5.10 Å². The number of nitrogens with one attached hydrogen (secondary N) is 1. The molecule has 2 aromatic rings. The van der Waals surface area contributed by atoms with E-state index in [-0.39, 0.29) is 5.41 Å². The van der Waals surface area contributed by atoms with Gasteiger partial charge in [0.05, 0.1) is 10.7 Å². The number of thiazole rings is 1. The van der Waals surface area contributed by atoms with Crippen molar-refractivity contribution >= 4 is 23.1 Å². The number of aromatic nitrogens is 4. The van der Waals surface area contributed by atoms with Crippen LogP contribution < -0.4 is 0 Å². The molecular formula is C13H18N4S2. The van der Waals surface area contributed by atoms with E-state index in [2.05, 4.69) is 46.3 Å². The Hall–Kier alpha value is -0.880. The van der Waals surface area contributed by atoms with Gasteiger partial charge in [0.15, 0.2) is 0 Å². The molecule has 1 N–H and O–H groups in total. The third kappa shape index (κ3) is 3.17. The van der Waals surface area contributed by atoms with Crippen molar-refractivity contribution in [1.82, 2.24) is 20.2 Å². The zero-order valence-corrected chi connectivity index (χ0v) is 13.1. The summed E-state index contributed by atoms with van der Waals surface area (Å²) >= 11 is 3.39. The molecule has 0 unspecified atom stereocenters. The lowest BCUT2D eigenvalue weighted by atomic mass is 9.98. The maximum absolute atomic E-state index is 4.68. The maximum atomic E-state index is 4.68. The van der Waals surface area contributed by atoms with Gasteiger partial charge in [0.2, 0.25) is 5.16 Å². The fourth-order valence-corrected chi connectivity index (χ4v) is 3.43. The summed E-state index contributed by atoms with van der Waals surface area (Å²) < 4.78 is 0. The lowest BCUT2D eigenvalue weighted by Crippen LogP contribution is -2.10. The van der Waals surface area contributed by atoms with Crippen molar-refractivity contribution in [3.8, 4) is 0 Å². The molecule has 19 heavy (non-hydrogen) atoms. The van der Waals surface area contributed by atoms with Crippen molar-refractivity contribution in [3.05, 3.63) is 21.9 Å². The van der Waals surface area contributed by atoms with E-state index in [1.165, 1.54) is 17.8 Å². The number of thioether (sulfide) groups is 1. The molecule has 0 aliphatic heterocycles. The van der Waals surface area contributed by atoms with Crippen molar-refractivity contribution in [1.29, 1.82) is 0 Å². The SMILES string of the molecule is CC(C)(C)c1nc(CSc2n[nH]c(C3CC3)n2)cs1. The van der Waals surface area contributed by atoms with E-state index in [4.69, 9.17) is 0 Å². The molecule has 1 fully saturated rings. The standard InChI is InChI=1S/C13H18N4S2/c1-13(2,3)11-14-9(6-18-11)7-19-12-15-10(16-17-12)8-4-5-8/h6,8H,4-5,7H2,1-3H3,(H,15,16,17). The Morgan fingerprint density at radius 3 is 2.79 bits per heavy atom. The molecule has 2 aromatic heterocycles. The Kier molecular flexibility index (Phi) is 3.39. The Labute approximate surface area is 121 Å². The highest BCUT2D eigenvalue weighted by Crippen LogP contribution is 2.38. The van der Waals surface area contributed by atoms with Crippen LogP contribution in [0.4, 0.5) is 0 Å². The molecule has 0 atom stereocenters. The molecule has 0 radical (unpaired) electrons. The third-order valence-corrected chi connectivity index (χ3v) is 5.19. The van der Waals surface area contributed by atoms with E-state index in [0.29, 0.717) is 5.92 Å². The summed E-state index contributed by atoms with van der Waals surface area (Å²) in [7, 11) is 0. The van der Waals surface area contributed by atoms with Crippen LogP contribution in [-0.4, -0.2) is 20.2 Å². The number of hydrogen-bond donors (Lipinski definition) is 1. The fourth-order valence-electron chi connectivity index (χ4n) is 1.72. The topological polar surface area (TPSA) is 54.5 Å². The number of hydrogen-bond acceptors (Lipinski definition) is 5. The summed E-state index contributed by atoms with van der Waals surface area (Å²) in [6.45, 7) is 6.58. The second-order valence-corrected chi connectivity index (χ2v) is 7.76. The Bertz CT molecular complexity index is 563. The van der Waals surface area contributed by atoms with Crippen molar-refractivity contribution in [2.75, 3.05) is 0 Å². The first kappa shape index (κ1) is 13.1. The lowest BCUT2D eigenvalue weighted by Gasteiger charge is -2.13. The molecule has 0 saturated heterocycles. The normalized spacial score (nSPS) is 15.9. The zero-order valence-electron chi connectivity index (χ0n) is 11.4. The van der Waals surface area contributed by atoms with Crippen molar-refractivity contribution < 1.29 is 0 Å². The first-order valence-electron chi connectivity index (χ1n) is 6.52. The summed E-state index contributed by atoms with van der Waals surface area (Å²) in [5.74, 6) is 2.53. The predicted octanol–water partition coefficient (Wildman–Crippen LogP) is 3.73. The van der Waals surface area contributed by atoms with Crippen LogP contribution in [0.3, 0.4) is 0 Å². The third-order valence-electron chi connectivity index (χ3n) is 2.99. The molecule has 0 amide bonds. The van der Waals surface area contributed by atoms with Gasteiger partial charge in [0, 0.05) is 22.5 Å². The number of nitrogens with zero attached hydrogens (tertiary/aromatic N) is 3. The van der Waals surface area contributed by atoms with Gasteiger partial charge in [-0.25, -0.2) is 9.97 Å². The molecule has 0 bridgehead atoms. The average Bonchev–Trinajstić information content (AvgIpc) is 2.91. The van der Waals surface area contributed by atoms with Crippen LogP contribution in [0.2, 0.25) is 0 Å². The first-order valence-corrected chi connectivity index (χ1v) is 8.39. The van der Waals surface area contributed by atoms with Gasteiger partial charge in [-0.2, -0.15) is 0 Å². The Morgan fingerprint density at radius 2 is 2.16 bits per heavy atom. The van der Waals surface area contributed by atoms with Crippen LogP contribution in [0.1, 0.15) is 56.1 Å². The van der Waals surface area contributed by atoms with Gasteiger partial charge in [-0.05, 0) is 12.8 Å². The van der Waals surface area contributed by atoms with Crippen LogP contribution in [0.5, 0.6) is 0 Å². The number of H-pyrrole nitrogens is 1. The first-order chi connectivity index (χ1) is 9.02. The second kappa shape index (κ2) is 4.90. The minimum Gasteiger partial charge on any atom is -0.262 e. The summed E-state index contributed by atoms with van der Waals surface area (Å²) in [5.41, 5.74) is 1.26. The molecular weight excluding hydrogens is 276 g/mol. The lowest BCUT2D eigenvalue weighted by molar-refractivity contribution is 0.584. The van der Waals surface area contributed by atoms with E-state index in [1.807, 2.05) is 0 Å². The zero-order chi connectivity index (χ0) is 13.5. The van der Waals surface area contributed by atoms with Gasteiger partial charge in [-0.1, -0.05) is 32.5 Å². The smallest absolute Gasteiger partial charge is 0.208 e. The molecule has 1 saturated carbocycles. The number of rotatable bonds is 4. The molecule has 1 aliphatic rings. The van der Waals surface area contributed by atoms with Crippen LogP contribution in [-0.2, 0) is 11.2 Å².